The minimum Gasteiger partial charge on any atom is -0.367 e. The van der Waals surface area contributed by atoms with Crippen molar-refractivity contribution in [1.82, 2.24) is 0 Å². The van der Waals surface area contributed by atoms with Crippen molar-refractivity contribution in [1.29, 1.82) is 0 Å². The van der Waals surface area contributed by atoms with Crippen LogP contribution >= 0.6 is 0 Å². The van der Waals surface area contributed by atoms with Gasteiger partial charge in [-0.25, -0.2) is 0 Å². The van der Waals surface area contributed by atoms with Gasteiger partial charge in [-0.1, -0.05) is 25.1 Å². The first-order chi connectivity index (χ1) is 6.54. The zero-order valence-electron chi connectivity index (χ0n) is 7.84. The molecule has 1 unspecified atom stereocenters. The fourth-order valence-electron chi connectivity index (χ4n) is 1.11. The first kappa shape index (κ1) is 11.0. The smallest absolute Gasteiger partial charge is 0.286 e. The van der Waals surface area contributed by atoms with Gasteiger partial charge < -0.3 is 5.32 Å². The highest BCUT2D eigenvalue weighted by Gasteiger charge is 2.19. The molecule has 0 saturated carbocycles. The molecule has 0 bridgehead atoms. The van der Waals surface area contributed by atoms with E-state index in [2.05, 4.69) is 5.32 Å². The van der Waals surface area contributed by atoms with E-state index in [9.17, 15) is 8.42 Å². The van der Waals surface area contributed by atoms with Crippen LogP contribution in [0.2, 0.25) is 0 Å². The second kappa shape index (κ2) is 4.43. The van der Waals surface area contributed by atoms with E-state index in [1.54, 1.807) is 31.2 Å². The number of benzene rings is 1. The molecule has 14 heavy (non-hydrogen) atoms. The Morgan fingerprint density at radius 1 is 1.36 bits per heavy atom. The summed E-state index contributed by atoms with van der Waals surface area (Å²) < 4.78 is 30.6. The van der Waals surface area contributed by atoms with E-state index in [1.165, 1.54) is 0 Å². The minimum atomic E-state index is -4.02. The highest BCUT2D eigenvalue weighted by molar-refractivity contribution is 7.86. The number of anilines is 1. The van der Waals surface area contributed by atoms with Crippen LogP contribution in [0.15, 0.2) is 30.3 Å². The van der Waals surface area contributed by atoms with E-state index in [-0.39, 0.29) is 0 Å². The minimum absolute atomic E-state index is 0.313. The summed E-state index contributed by atoms with van der Waals surface area (Å²) >= 11 is 0. The van der Waals surface area contributed by atoms with Gasteiger partial charge in [0.1, 0.15) is 0 Å². The van der Waals surface area contributed by atoms with Crippen molar-refractivity contribution in [2.24, 2.45) is 0 Å². The number of hydrogen-bond donors (Lipinski definition) is 2. The average Bonchev–Trinajstić information content (AvgIpc) is 2.14. The zero-order chi connectivity index (χ0) is 10.6. The third kappa shape index (κ3) is 3.01. The van der Waals surface area contributed by atoms with Gasteiger partial charge in [0.25, 0.3) is 10.1 Å². The summed E-state index contributed by atoms with van der Waals surface area (Å²) in [5, 5.41) is 1.79. The molecule has 1 atom stereocenters. The van der Waals surface area contributed by atoms with Crippen LogP contribution in [0.3, 0.4) is 0 Å². The molecule has 0 amide bonds. The first-order valence-electron chi connectivity index (χ1n) is 4.32. The van der Waals surface area contributed by atoms with Crippen LogP contribution in [0.4, 0.5) is 5.69 Å². The fraction of sp³-hybridized carbons (Fsp3) is 0.333. The van der Waals surface area contributed by atoms with E-state index < -0.39 is 15.5 Å². The van der Waals surface area contributed by atoms with Crippen LogP contribution in [-0.2, 0) is 10.1 Å². The van der Waals surface area contributed by atoms with E-state index in [0.29, 0.717) is 12.1 Å². The highest BCUT2D eigenvalue weighted by Crippen LogP contribution is 2.11. The van der Waals surface area contributed by atoms with Crippen molar-refractivity contribution in [3.63, 3.8) is 0 Å². The molecule has 0 spiro atoms. The van der Waals surface area contributed by atoms with Crippen LogP contribution in [0.25, 0.3) is 0 Å². The molecule has 0 heterocycles. The average molecular weight is 215 g/mol. The predicted molar refractivity (Wildman–Crippen MR) is 55.7 cm³/mol. The molecule has 0 aliphatic carbocycles. The summed E-state index contributed by atoms with van der Waals surface area (Å²) in [5.41, 5.74) is 0.678. The van der Waals surface area contributed by atoms with Crippen molar-refractivity contribution < 1.29 is 13.0 Å². The van der Waals surface area contributed by atoms with E-state index in [0.717, 1.165) is 0 Å². The topological polar surface area (TPSA) is 66.4 Å². The second-order valence-corrected chi connectivity index (χ2v) is 4.52. The monoisotopic (exact) mass is 215 g/mol. The van der Waals surface area contributed by atoms with Crippen molar-refractivity contribution >= 4 is 15.8 Å². The van der Waals surface area contributed by atoms with Gasteiger partial charge in [-0.3, -0.25) is 4.55 Å². The summed E-state index contributed by atoms with van der Waals surface area (Å²) in [4.78, 5) is 0. The number of hydrogen-bond acceptors (Lipinski definition) is 3. The van der Waals surface area contributed by atoms with Gasteiger partial charge in [-0.05, 0) is 18.6 Å². The molecule has 2 N–H and O–H groups in total. The molecule has 0 saturated heterocycles. The summed E-state index contributed by atoms with van der Waals surface area (Å²) in [6, 6.07) is 8.90. The molecule has 5 heteroatoms. The maximum absolute atomic E-state index is 10.9. The van der Waals surface area contributed by atoms with Crippen LogP contribution in [0.5, 0.6) is 0 Å². The van der Waals surface area contributed by atoms with E-state index >= 15 is 0 Å². The molecule has 1 rings (SSSR count). The molecule has 4 nitrogen and oxygen atoms in total. The maximum Gasteiger partial charge on any atom is 0.286 e. The molecule has 1 aromatic carbocycles. The molecule has 0 aliphatic heterocycles. The maximum atomic E-state index is 10.9. The summed E-state index contributed by atoms with van der Waals surface area (Å²) in [5.74, 6) is 0. The molecule has 78 valence electrons. The lowest BCUT2D eigenvalue weighted by Gasteiger charge is -2.14. The lowest BCUT2D eigenvalue weighted by Crippen LogP contribution is -2.28. The van der Waals surface area contributed by atoms with Crippen LogP contribution in [0.1, 0.15) is 13.3 Å². The molecule has 0 aliphatic rings. The summed E-state index contributed by atoms with van der Waals surface area (Å²) in [6.45, 7) is 1.69. The van der Waals surface area contributed by atoms with Gasteiger partial charge in [0, 0.05) is 5.69 Å². The SMILES string of the molecule is CCC(Nc1ccccc1)S(=O)(=O)O. The van der Waals surface area contributed by atoms with Gasteiger partial charge in [0.05, 0.1) is 0 Å². The Morgan fingerprint density at radius 2 is 1.93 bits per heavy atom. The Balaban J connectivity index is 2.77. The molecular formula is C9H13NO3S. The second-order valence-electron chi connectivity index (χ2n) is 2.92. The van der Waals surface area contributed by atoms with Crippen LogP contribution in [0, 0.1) is 0 Å². The number of rotatable bonds is 4. The van der Waals surface area contributed by atoms with Gasteiger partial charge in [-0.2, -0.15) is 8.42 Å². The Labute approximate surface area is 83.7 Å². The molecule has 0 radical (unpaired) electrons. The molecule has 0 fully saturated rings. The van der Waals surface area contributed by atoms with Gasteiger partial charge in [0.15, 0.2) is 5.37 Å². The normalized spacial score (nSPS) is 13.6. The summed E-state index contributed by atoms with van der Waals surface area (Å²) in [6.07, 6.45) is 0.313. The van der Waals surface area contributed by atoms with Gasteiger partial charge in [-0.15, -0.1) is 0 Å². The fourth-order valence-corrected chi connectivity index (χ4v) is 1.81. The van der Waals surface area contributed by atoms with Gasteiger partial charge >= 0.3 is 0 Å². The Kier molecular flexibility index (Phi) is 3.49. The van der Waals surface area contributed by atoms with Crippen molar-refractivity contribution in [2.45, 2.75) is 18.7 Å². The van der Waals surface area contributed by atoms with Crippen molar-refractivity contribution in [2.75, 3.05) is 5.32 Å². The van der Waals surface area contributed by atoms with Gasteiger partial charge in [0.2, 0.25) is 0 Å². The third-order valence-electron chi connectivity index (χ3n) is 1.83. The van der Waals surface area contributed by atoms with E-state index in [4.69, 9.17) is 4.55 Å². The molecular weight excluding hydrogens is 202 g/mol. The van der Waals surface area contributed by atoms with Crippen molar-refractivity contribution in [3.05, 3.63) is 30.3 Å². The third-order valence-corrected chi connectivity index (χ3v) is 3.00. The van der Waals surface area contributed by atoms with E-state index in [1.807, 2.05) is 6.07 Å². The lowest BCUT2D eigenvalue weighted by atomic mass is 10.3. The lowest BCUT2D eigenvalue weighted by molar-refractivity contribution is 0.470. The zero-order valence-corrected chi connectivity index (χ0v) is 8.66. The predicted octanol–water partition coefficient (Wildman–Crippen LogP) is 1.72. The first-order valence-corrected chi connectivity index (χ1v) is 5.82. The standard InChI is InChI=1S/C9H13NO3S/c1-2-9(14(11,12)13)10-8-6-4-3-5-7-8/h3-7,9-10H,2H2,1H3,(H,11,12,13). The largest absolute Gasteiger partial charge is 0.367 e. The van der Waals surface area contributed by atoms with Crippen LogP contribution in [-0.4, -0.2) is 18.3 Å². The number of para-hydroxylation sites is 1. The Morgan fingerprint density at radius 3 is 2.36 bits per heavy atom. The summed E-state index contributed by atoms with van der Waals surface area (Å²) in [7, 11) is -4.02. The Bertz CT molecular complexity index is 374. The Hall–Kier alpha value is -1.07. The number of nitrogens with one attached hydrogen (secondary N) is 1. The van der Waals surface area contributed by atoms with Crippen LogP contribution < -0.4 is 5.32 Å². The quantitative estimate of drug-likeness (QED) is 0.750. The molecule has 1 aromatic rings. The highest BCUT2D eigenvalue weighted by atomic mass is 32.2. The molecule has 0 aromatic heterocycles. The van der Waals surface area contributed by atoms with Crippen molar-refractivity contribution in [3.8, 4) is 0 Å².